The van der Waals surface area contributed by atoms with Gasteiger partial charge in [0.05, 0.1) is 16.8 Å². The van der Waals surface area contributed by atoms with E-state index in [0.29, 0.717) is 23.7 Å². The Bertz CT molecular complexity index is 914. The fourth-order valence-electron chi connectivity index (χ4n) is 2.61. The number of aryl methyl sites for hydroxylation is 2. The Hall–Kier alpha value is -3.15. The summed E-state index contributed by atoms with van der Waals surface area (Å²) in [4.78, 5) is 12.4. The maximum atomic E-state index is 13.0. The van der Waals surface area contributed by atoms with E-state index in [-0.39, 0.29) is 5.82 Å². The van der Waals surface area contributed by atoms with Gasteiger partial charge in [-0.25, -0.2) is 9.18 Å². The van der Waals surface area contributed by atoms with Crippen LogP contribution in [-0.4, -0.2) is 11.1 Å². The third kappa shape index (κ3) is 4.53. The topological polar surface area (TPSA) is 61.6 Å². The number of ether oxygens (including phenoxy) is 2. The molecule has 0 bridgehead atoms. The highest BCUT2D eigenvalue weighted by Gasteiger charge is 2.15. The van der Waals surface area contributed by atoms with E-state index in [1.165, 1.54) is 12.1 Å². The molecule has 0 saturated heterocycles. The van der Waals surface area contributed by atoms with Crippen LogP contribution in [-0.2, 0) is 11.3 Å². The van der Waals surface area contributed by atoms with Gasteiger partial charge in [-0.3, -0.25) is 0 Å². The van der Waals surface area contributed by atoms with Crippen molar-refractivity contribution in [2.75, 3.05) is 0 Å². The van der Waals surface area contributed by atoms with Crippen LogP contribution in [0.25, 0.3) is 0 Å². The molecule has 3 aromatic rings. The molecule has 0 spiro atoms. The summed E-state index contributed by atoms with van der Waals surface area (Å²) in [6, 6.07) is 12.6. The number of hydrogen-bond acceptors (Lipinski definition) is 5. The predicted molar refractivity (Wildman–Crippen MR) is 97.0 cm³/mol. The lowest BCUT2D eigenvalue weighted by molar-refractivity contribution is 0.0337. The molecule has 6 heteroatoms. The van der Waals surface area contributed by atoms with E-state index in [9.17, 15) is 9.18 Å². The van der Waals surface area contributed by atoms with Gasteiger partial charge in [0.1, 0.15) is 30.0 Å². The fourth-order valence-corrected chi connectivity index (χ4v) is 2.61. The highest BCUT2D eigenvalue weighted by molar-refractivity contribution is 5.90. The molecule has 0 aliphatic rings. The number of rotatable bonds is 6. The second-order valence-corrected chi connectivity index (χ2v) is 6.22. The molecule has 1 atom stereocenters. The number of halogens is 1. The molecular formula is C21H20FNO4. The first kappa shape index (κ1) is 18.6. The molecule has 0 N–H and O–H groups in total. The summed E-state index contributed by atoms with van der Waals surface area (Å²) in [6.45, 7) is 5.71. The zero-order chi connectivity index (χ0) is 19.4. The number of hydrogen-bond donors (Lipinski definition) is 0. The molecule has 5 nitrogen and oxygen atoms in total. The van der Waals surface area contributed by atoms with Gasteiger partial charge >= 0.3 is 5.97 Å². The minimum absolute atomic E-state index is 0.297. The van der Waals surface area contributed by atoms with Crippen LogP contribution >= 0.6 is 0 Å². The Labute approximate surface area is 156 Å². The number of esters is 1. The maximum absolute atomic E-state index is 13.0. The monoisotopic (exact) mass is 369 g/mol. The molecule has 140 valence electrons. The average Bonchev–Trinajstić information content (AvgIpc) is 2.98. The smallest absolute Gasteiger partial charge is 0.338 e. The summed E-state index contributed by atoms with van der Waals surface area (Å²) in [5, 5.41) is 3.89. The second-order valence-electron chi connectivity index (χ2n) is 6.22. The van der Waals surface area contributed by atoms with Crippen molar-refractivity contribution in [1.82, 2.24) is 5.16 Å². The fraction of sp³-hybridized carbons (Fsp3) is 0.238. The molecule has 1 heterocycles. The van der Waals surface area contributed by atoms with Crippen molar-refractivity contribution in [3.05, 3.63) is 82.5 Å². The summed E-state index contributed by atoms with van der Waals surface area (Å²) in [5.41, 5.74) is 2.75. The van der Waals surface area contributed by atoms with E-state index in [2.05, 4.69) is 5.16 Å². The summed E-state index contributed by atoms with van der Waals surface area (Å²) >= 11 is 0. The Kier molecular flexibility index (Phi) is 5.54. The van der Waals surface area contributed by atoms with Gasteiger partial charge in [0.25, 0.3) is 0 Å². The van der Waals surface area contributed by atoms with E-state index in [4.69, 9.17) is 14.0 Å². The average molecular weight is 369 g/mol. The second kappa shape index (κ2) is 8.03. The number of aromatic nitrogens is 1. The van der Waals surface area contributed by atoms with E-state index in [0.717, 1.165) is 16.8 Å². The molecule has 0 fully saturated rings. The first-order chi connectivity index (χ1) is 12.9. The third-order valence-electron chi connectivity index (χ3n) is 4.26. The summed E-state index contributed by atoms with van der Waals surface area (Å²) in [5.74, 6) is 0.435. The molecule has 0 amide bonds. The lowest BCUT2D eigenvalue weighted by atomic mass is 10.1. The van der Waals surface area contributed by atoms with Gasteiger partial charge in [-0.15, -0.1) is 0 Å². The highest BCUT2D eigenvalue weighted by Crippen LogP contribution is 2.22. The first-order valence-electron chi connectivity index (χ1n) is 8.55. The van der Waals surface area contributed by atoms with Gasteiger partial charge in [-0.1, -0.05) is 23.4 Å². The Morgan fingerprint density at radius 2 is 1.93 bits per heavy atom. The summed E-state index contributed by atoms with van der Waals surface area (Å²) < 4.78 is 29.3. The molecule has 0 aliphatic heterocycles. The SMILES string of the molecule is Cc1noc(C)c1COc1cccc(C(=O)O[C@H](C)c2ccc(F)cc2)c1. The standard InChI is InChI=1S/C21H20FNO4/c1-13-20(15(3)27-23-13)12-25-19-6-4-5-17(11-19)21(24)26-14(2)16-7-9-18(22)10-8-16/h4-11,14H,12H2,1-3H3/t14-/m1/s1. The third-order valence-corrected chi connectivity index (χ3v) is 4.26. The van der Waals surface area contributed by atoms with Crippen LogP contribution in [0.3, 0.4) is 0 Å². The van der Waals surface area contributed by atoms with Crippen LogP contribution < -0.4 is 4.74 Å². The van der Waals surface area contributed by atoms with Gasteiger partial charge in [0.2, 0.25) is 0 Å². The van der Waals surface area contributed by atoms with Crippen LogP contribution in [0.5, 0.6) is 5.75 Å². The van der Waals surface area contributed by atoms with Crippen molar-refractivity contribution >= 4 is 5.97 Å². The molecule has 0 aliphatic carbocycles. The van der Waals surface area contributed by atoms with Gasteiger partial charge in [0, 0.05) is 0 Å². The van der Waals surface area contributed by atoms with E-state index >= 15 is 0 Å². The van der Waals surface area contributed by atoms with Crippen molar-refractivity contribution in [3.63, 3.8) is 0 Å². The minimum atomic E-state index is -0.495. The van der Waals surface area contributed by atoms with Gasteiger partial charge in [0.15, 0.2) is 0 Å². The quantitative estimate of drug-likeness (QED) is 0.577. The largest absolute Gasteiger partial charge is 0.489 e. The summed E-state index contributed by atoms with van der Waals surface area (Å²) in [7, 11) is 0. The lowest BCUT2D eigenvalue weighted by Crippen LogP contribution is -2.09. The number of carbonyl (C=O) groups is 1. The van der Waals surface area contributed by atoms with Crippen molar-refractivity contribution in [2.24, 2.45) is 0 Å². The Balaban J connectivity index is 1.65. The van der Waals surface area contributed by atoms with E-state index in [1.807, 2.05) is 13.8 Å². The van der Waals surface area contributed by atoms with E-state index < -0.39 is 12.1 Å². The van der Waals surface area contributed by atoms with Crippen LogP contribution in [0.15, 0.2) is 53.1 Å². The minimum Gasteiger partial charge on any atom is -0.489 e. The Morgan fingerprint density at radius 3 is 2.59 bits per heavy atom. The normalized spacial score (nSPS) is 11.9. The summed E-state index contributed by atoms with van der Waals surface area (Å²) in [6.07, 6.45) is -0.495. The number of benzene rings is 2. The predicted octanol–water partition coefficient (Wildman–Crippen LogP) is 4.93. The van der Waals surface area contributed by atoms with Crippen LogP contribution in [0.4, 0.5) is 4.39 Å². The molecular weight excluding hydrogens is 349 g/mol. The molecule has 27 heavy (non-hydrogen) atoms. The highest BCUT2D eigenvalue weighted by atomic mass is 19.1. The van der Waals surface area contributed by atoms with Crippen LogP contribution in [0.1, 0.15) is 46.0 Å². The molecule has 0 saturated carbocycles. The first-order valence-corrected chi connectivity index (χ1v) is 8.55. The van der Waals surface area contributed by atoms with Crippen molar-refractivity contribution in [2.45, 2.75) is 33.5 Å². The van der Waals surface area contributed by atoms with Gasteiger partial charge < -0.3 is 14.0 Å². The Morgan fingerprint density at radius 1 is 1.19 bits per heavy atom. The number of nitrogens with zero attached hydrogens (tertiary/aromatic N) is 1. The van der Waals surface area contributed by atoms with Gasteiger partial charge in [-0.2, -0.15) is 0 Å². The number of carbonyl (C=O) groups excluding carboxylic acids is 1. The maximum Gasteiger partial charge on any atom is 0.338 e. The van der Waals surface area contributed by atoms with Gasteiger partial charge in [-0.05, 0) is 56.7 Å². The zero-order valence-electron chi connectivity index (χ0n) is 15.4. The molecule has 3 rings (SSSR count). The zero-order valence-corrected chi connectivity index (χ0v) is 15.4. The molecule has 0 radical (unpaired) electrons. The molecule has 1 aromatic heterocycles. The van der Waals surface area contributed by atoms with Crippen LogP contribution in [0, 0.1) is 19.7 Å². The van der Waals surface area contributed by atoms with Crippen molar-refractivity contribution in [1.29, 1.82) is 0 Å². The molecule has 0 unspecified atom stereocenters. The lowest BCUT2D eigenvalue weighted by Gasteiger charge is -2.14. The van der Waals surface area contributed by atoms with E-state index in [1.54, 1.807) is 43.3 Å². The van der Waals surface area contributed by atoms with Crippen molar-refractivity contribution < 1.29 is 23.2 Å². The molecule has 2 aromatic carbocycles. The van der Waals surface area contributed by atoms with Crippen LogP contribution in [0.2, 0.25) is 0 Å². The van der Waals surface area contributed by atoms with Crippen molar-refractivity contribution in [3.8, 4) is 5.75 Å².